The van der Waals surface area contributed by atoms with Gasteiger partial charge in [-0.1, -0.05) is 91.9 Å². The summed E-state index contributed by atoms with van der Waals surface area (Å²) >= 11 is 0. The molecule has 0 heterocycles. The van der Waals surface area contributed by atoms with Crippen molar-refractivity contribution < 1.29 is 9.53 Å². The van der Waals surface area contributed by atoms with E-state index in [2.05, 4.69) is 49.2 Å². The van der Waals surface area contributed by atoms with Gasteiger partial charge in [0.25, 0.3) is 0 Å². The van der Waals surface area contributed by atoms with Gasteiger partial charge in [-0.25, -0.2) is 0 Å². The molecule has 3 aromatic rings. The average Bonchev–Trinajstić information content (AvgIpc) is 2.80. The van der Waals surface area contributed by atoms with E-state index in [-0.39, 0.29) is 5.78 Å². The molecule has 3 nitrogen and oxygen atoms in total. The third-order valence-electron chi connectivity index (χ3n) is 5.38. The maximum Gasteiger partial charge on any atom is 0.176 e. The van der Waals surface area contributed by atoms with Crippen LogP contribution in [0.5, 0.6) is 5.75 Å². The Morgan fingerprint density at radius 1 is 1.00 bits per heavy atom. The predicted molar refractivity (Wildman–Crippen MR) is 133 cm³/mol. The molecule has 0 aliphatic rings. The maximum atomic E-state index is 12.2. The van der Waals surface area contributed by atoms with Crippen LogP contribution in [0.25, 0.3) is 11.1 Å². The number of ether oxygens (including phenoxy) is 1. The van der Waals surface area contributed by atoms with Crippen LogP contribution in [0, 0.1) is 5.92 Å². The third kappa shape index (κ3) is 7.21. The highest BCUT2D eigenvalue weighted by Gasteiger charge is 2.10. The highest BCUT2D eigenvalue weighted by Crippen LogP contribution is 2.32. The second-order valence-corrected chi connectivity index (χ2v) is 8.49. The van der Waals surface area contributed by atoms with Crippen LogP contribution in [-0.2, 0) is 6.42 Å². The summed E-state index contributed by atoms with van der Waals surface area (Å²) in [6, 6.07) is 26.2. The van der Waals surface area contributed by atoms with Gasteiger partial charge in [0.1, 0.15) is 5.75 Å². The number of carbonyl (C=O) groups is 1. The average molecular weight is 428 g/mol. The molecule has 0 aromatic heterocycles. The molecule has 3 rings (SSSR count). The fourth-order valence-corrected chi connectivity index (χ4v) is 3.63. The molecule has 1 N–H and O–H groups in total. The SMILES string of the molecule is C=C(C)Cc1ccc(-c2ccccc2)c(OCCC(C)CNCC(=O)c2ccccc2)c1. The molecule has 0 saturated carbocycles. The van der Waals surface area contributed by atoms with E-state index >= 15 is 0 Å². The molecule has 0 amide bonds. The maximum absolute atomic E-state index is 12.2. The van der Waals surface area contributed by atoms with Crippen LogP contribution in [0.15, 0.2) is 91.0 Å². The van der Waals surface area contributed by atoms with Gasteiger partial charge < -0.3 is 10.1 Å². The number of allylic oxidation sites excluding steroid dienone is 1. The molecule has 0 aliphatic heterocycles. The number of benzene rings is 3. The lowest BCUT2D eigenvalue weighted by molar-refractivity contribution is 0.0990. The molecule has 3 aromatic carbocycles. The van der Waals surface area contributed by atoms with E-state index in [0.717, 1.165) is 47.4 Å². The van der Waals surface area contributed by atoms with Crippen molar-refractivity contribution in [3.8, 4) is 16.9 Å². The van der Waals surface area contributed by atoms with Crippen molar-refractivity contribution >= 4 is 5.78 Å². The fourth-order valence-electron chi connectivity index (χ4n) is 3.63. The summed E-state index contributed by atoms with van der Waals surface area (Å²) in [6.45, 7) is 10.0. The van der Waals surface area contributed by atoms with Crippen LogP contribution in [0.3, 0.4) is 0 Å². The molecule has 1 unspecified atom stereocenters. The molecular formula is C29H33NO2. The number of nitrogens with one attached hydrogen (secondary N) is 1. The van der Waals surface area contributed by atoms with E-state index in [1.54, 1.807) is 0 Å². The van der Waals surface area contributed by atoms with Gasteiger partial charge >= 0.3 is 0 Å². The number of ketones is 1. The topological polar surface area (TPSA) is 38.3 Å². The van der Waals surface area contributed by atoms with E-state index < -0.39 is 0 Å². The molecule has 0 spiro atoms. The third-order valence-corrected chi connectivity index (χ3v) is 5.38. The molecular weight excluding hydrogens is 394 g/mol. The van der Waals surface area contributed by atoms with Crippen molar-refractivity contribution in [2.75, 3.05) is 19.7 Å². The number of hydrogen-bond donors (Lipinski definition) is 1. The van der Waals surface area contributed by atoms with Crippen LogP contribution >= 0.6 is 0 Å². The summed E-state index contributed by atoms with van der Waals surface area (Å²) in [5, 5.41) is 3.29. The van der Waals surface area contributed by atoms with Crippen molar-refractivity contribution in [1.29, 1.82) is 0 Å². The quantitative estimate of drug-likeness (QED) is 0.270. The minimum atomic E-state index is 0.121. The van der Waals surface area contributed by atoms with Crippen LogP contribution in [0.1, 0.15) is 36.2 Å². The van der Waals surface area contributed by atoms with Gasteiger partial charge in [-0.05, 0) is 49.4 Å². The first-order valence-electron chi connectivity index (χ1n) is 11.3. The largest absolute Gasteiger partial charge is 0.493 e. The second kappa shape index (κ2) is 12.0. The van der Waals surface area contributed by atoms with E-state index in [4.69, 9.17) is 4.74 Å². The summed E-state index contributed by atoms with van der Waals surface area (Å²) in [5.74, 6) is 1.43. The zero-order valence-electron chi connectivity index (χ0n) is 19.1. The fraction of sp³-hybridized carbons (Fsp3) is 0.276. The first-order valence-corrected chi connectivity index (χ1v) is 11.3. The van der Waals surface area contributed by atoms with Crippen LogP contribution in [0.4, 0.5) is 0 Å². The number of hydrogen-bond acceptors (Lipinski definition) is 3. The zero-order valence-corrected chi connectivity index (χ0v) is 19.1. The van der Waals surface area contributed by atoms with E-state index in [1.807, 2.05) is 55.5 Å². The summed E-state index contributed by atoms with van der Waals surface area (Å²) in [4.78, 5) is 12.2. The highest BCUT2D eigenvalue weighted by molar-refractivity contribution is 5.97. The molecule has 0 fully saturated rings. The number of rotatable bonds is 12. The molecule has 166 valence electrons. The summed E-state index contributed by atoms with van der Waals surface area (Å²) in [7, 11) is 0. The normalized spacial score (nSPS) is 11.7. The van der Waals surface area contributed by atoms with Gasteiger partial charge in [-0.15, -0.1) is 0 Å². The molecule has 0 saturated heterocycles. The van der Waals surface area contributed by atoms with Crippen molar-refractivity contribution in [2.24, 2.45) is 5.92 Å². The summed E-state index contributed by atoms with van der Waals surface area (Å²) in [5.41, 5.74) is 5.35. The van der Waals surface area contributed by atoms with Crippen molar-refractivity contribution in [3.63, 3.8) is 0 Å². The van der Waals surface area contributed by atoms with E-state index in [9.17, 15) is 4.79 Å². The van der Waals surface area contributed by atoms with Crippen molar-refractivity contribution in [3.05, 3.63) is 102 Å². The Morgan fingerprint density at radius 2 is 1.69 bits per heavy atom. The number of Topliss-reactive ketones (excluding diaryl/α,β-unsaturated/α-hetero) is 1. The minimum absolute atomic E-state index is 0.121. The van der Waals surface area contributed by atoms with Gasteiger partial charge in [0.2, 0.25) is 0 Å². The Hall–Kier alpha value is -3.17. The predicted octanol–water partition coefficient (Wildman–Crippen LogP) is 6.35. The standard InChI is InChI=1S/C29H33NO2/c1-22(2)18-24-14-15-27(25-10-6-4-7-11-25)29(19-24)32-17-16-23(3)20-30-21-28(31)26-12-8-5-9-13-26/h4-15,19,23,30H,1,16-18,20-21H2,2-3H3. The van der Waals surface area contributed by atoms with Gasteiger partial charge in [-0.3, -0.25) is 4.79 Å². The lowest BCUT2D eigenvalue weighted by atomic mass is 10.00. The number of carbonyl (C=O) groups excluding carboxylic acids is 1. The van der Waals surface area contributed by atoms with Gasteiger partial charge in [0, 0.05) is 11.1 Å². The Labute approximate surface area is 192 Å². The van der Waals surface area contributed by atoms with E-state index in [0.29, 0.717) is 19.1 Å². The van der Waals surface area contributed by atoms with Crippen molar-refractivity contribution in [1.82, 2.24) is 5.32 Å². The summed E-state index contributed by atoms with van der Waals surface area (Å²) in [6.07, 6.45) is 1.76. The molecule has 0 bridgehead atoms. The molecule has 0 aliphatic carbocycles. The van der Waals surface area contributed by atoms with Crippen LogP contribution < -0.4 is 10.1 Å². The molecule has 3 heteroatoms. The first-order chi connectivity index (χ1) is 15.5. The summed E-state index contributed by atoms with van der Waals surface area (Å²) < 4.78 is 6.26. The molecule has 0 radical (unpaired) electrons. The monoisotopic (exact) mass is 427 g/mol. The Kier molecular flexibility index (Phi) is 8.82. The van der Waals surface area contributed by atoms with Gasteiger partial charge in [0.05, 0.1) is 13.2 Å². The lowest BCUT2D eigenvalue weighted by Crippen LogP contribution is -2.28. The highest BCUT2D eigenvalue weighted by atomic mass is 16.5. The zero-order chi connectivity index (χ0) is 22.8. The lowest BCUT2D eigenvalue weighted by Gasteiger charge is -2.16. The van der Waals surface area contributed by atoms with Gasteiger partial charge in [-0.2, -0.15) is 0 Å². The second-order valence-electron chi connectivity index (χ2n) is 8.49. The Bertz CT molecular complexity index is 1010. The van der Waals surface area contributed by atoms with Crippen molar-refractivity contribution in [2.45, 2.75) is 26.7 Å². The minimum Gasteiger partial charge on any atom is -0.493 e. The van der Waals surface area contributed by atoms with Gasteiger partial charge in [0.15, 0.2) is 5.78 Å². The van der Waals surface area contributed by atoms with Crippen LogP contribution in [0.2, 0.25) is 0 Å². The Balaban J connectivity index is 1.53. The Morgan fingerprint density at radius 3 is 2.38 bits per heavy atom. The van der Waals surface area contributed by atoms with E-state index in [1.165, 1.54) is 5.56 Å². The molecule has 1 atom stereocenters. The molecule has 32 heavy (non-hydrogen) atoms. The first kappa shape index (κ1) is 23.5. The van der Waals surface area contributed by atoms with Crippen LogP contribution in [-0.4, -0.2) is 25.5 Å². The smallest absolute Gasteiger partial charge is 0.176 e.